The number of Topliss-reactive ketones (excluding diaryl/α,β-unsaturated/α-hetero) is 1. The smallest absolute Gasteiger partial charge is 0.404 e. The van der Waals surface area contributed by atoms with Crippen LogP contribution < -0.4 is 0 Å². The zero-order chi connectivity index (χ0) is 21.5. The Hall–Kier alpha value is -1.05. The van der Waals surface area contributed by atoms with Crippen LogP contribution >= 0.6 is 11.6 Å². The van der Waals surface area contributed by atoms with Gasteiger partial charge in [0.15, 0.2) is 23.2 Å². The van der Waals surface area contributed by atoms with Crippen LogP contribution in [-0.2, 0) is 15.7 Å². The van der Waals surface area contributed by atoms with E-state index in [1.165, 1.54) is 6.92 Å². The lowest BCUT2D eigenvalue weighted by Crippen LogP contribution is -2.65. The van der Waals surface area contributed by atoms with E-state index in [1.54, 1.807) is 0 Å². The van der Waals surface area contributed by atoms with Crippen LogP contribution in [0.15, 0.2) is 0 Å². The van der Waals surface area contributed by atoms with Crippen molar-refractivity contribution in [3.8, 4) is 0 Å². The fraction of sp³-hybridized carbons (Fsp3) is 0.667. The first kappa shape index (κ1) is 21.2. The molecule has 29 heavy (non-hydrogen) atoms. The number of rotatable bonds is 4. The van der Waals surface area contributed by atoms with Crippen molar-refractivity contribution in [1.29, 1.82) is 0 Å². The third kappa shape index (κ3) is 2.91. The molecule has 1 aliphatic heterocycles. The molecule has 3 aliphatic carbocycles. The van der Waals surface area contributed by atoms with Crippen molar-refractivity contribution in [3.05, 3.63) is 34.1 Å². The highest BCUT2D eigenvalue weighted by Crippen LogP contribution is 2.65. The average molecular weight is 429 g/mol. The molecule has 1 saturated heterocycles. The molecule has 3 nitrogen and oxygen atoms in total. The summed E-state index contributed by atoms with van der Waals surface area (Å²) in [6.07, 6.45) is 1.74. The van der Waals surface area contributed by atoms with Gasteiger partial charge in [0.1, 0.15) is 0 Å². The molecule has 8 heteroatoms. The summed E-state index contributed by atoms with van der Waals surface area (Å²) in [5.74, 6) is -4.18. The molecule has 0 N–H and O–H groups in total. The summed E-state index contributed by atoms with van der Waals surface area (Å²) >= 11 is 6.53. The van der Waals surface area contributed by atoms with Gasteiger partial charge in [-0.15, -0.1) is 11.6 Å². The van der Waals surface area contributed by atoms with Crippen LogP contribution in [0.1, 0.15) is 62.0 Å². The first-order valence-electron chi connectivity index (χ1n) is 10.0. The Bertz CT molecular complexity index is 893. The summed E-state index contributed by atoms with van der Waals surface area (Å²) in [5, 5.41) is -0.810. The van der Waals surface area contributed by atoms with E-state index in [0.29, 0.717) is 11.8 Å². The second kappa shape index (κ2) is 6.73. The molecule has 2 bridgehead atoms. The number of hydrogen-bond acceptors (Lipinski definition) is 3. The minimum Gasteiger partial charge on any atom is -0.404 e. The predicted molar refractivity (Wildman–Crippen MR) is 105 cm³/mol. The topological polar surface area (TPSA) is 35.5 Å². The van der Waals surface area contributed by atoms with Gasteiger partial charge in [0, 0.05) is 0 Å². The highest BCUT2D eigenvalue weighted by molar-refractivity contribution is 6.60. The van der Waals surface area contributed by atoms with E-state index in [4.69, 9.17) is 20.9 Å². The maximum atomic E-state index is 14.5. The van der Waals surface area contributed by atoms with Gasteiger partial charge in [0.25, 0.3) is 0 Å². The van der Waals surface area contributed by atoms with Gasteiger partial charge in [-0.05, 0) is 68.4 Å². The number of carbonyl (C=O) groups excluding carboxylic acids is 1. The van der Waals surface area contributed by atoms with Crippen LogP contribution in [0.2, 0.25) is 0 Å². The van der Waals surface area contributed by atoms with E-state index in [9.17, 15) is 18.0 Å². The Balaban J connectivity index is 1.59. The quantitative estimate of drug-likeness (QED) is 0.292. The third-order valence-electron chi connectivity index (χ3n) is 7.71. The number of alkyl halides is 1. The molecule has 0 amide bonds. The summed E-state index contributed by atoms with van der Waals surface area (Å²) in [6, 6.07) is 0. The maximum Gasteiger partial charge on any atom is 0.477 e. The minimum absolute atomic E-state index is 0.0598. The summed E-state index contributed by atoms with van der Waals surface area (Å²) in [4.78, 5) is 11.7. The Kier molecular flexibility index (Phi) is 4.92. The molecule has 0 aromatic heterocycles. The summed E-state index contributed by atoms with van der Waals surface area (Å²) in [5.41, 5.74) is -0.804. The third-order valence-corrected chi connectivity index (χ3v) is 8.07. The van der Waals surface area contributed by atoms with Crippen molar-refractivity contribution in [3.63, 3.8) is 0 Å². The van der Waals surface area contributed by atoms with Crippen LogP contribution in [0.4, 0.5) is 13.2 Å². The van der Waals surface area contributed by atoms with Gasteiger partial charge in [-0.3, -0.25) is 4.79 Å². The van der Waals surface area contributed by atoms with Crippen LogP contribution in [0, 0.1) is 41.6 Å². The fourth-order valence-corrected chi connectivity index (χ4v) is 6.09. The first-order chi connectivity index (χ1) is 13.4. The van der Waals surface area contributed by atoms with Crippen molar-refractivity contribution < 1.29 is 27.3 Å². The van der Waals surface area contributed by atoms with E-state index in [0.717, 1.165) is 19.8 Å². The summed E-state index contributed by atoms with van der Waals surface area (Å²) < 4.78 is 55.0. The molecule has 0 spiro atoms. The lowest BCUT2D eigenvalue weighted by Gasteiger charge is -2.64. The van der Waals surface area contributed by atoms with Gasteiger partial charge < -0.3 is 9.31 Å². The SMILES string of the molecule is CC(=O)c1c(C)c(C[C@@H](Cl)B2OC3CC4CC(C4(C)C)[C@]3(C)O2)c(F)c(F)c1F. The number of ketones is 1. The highest BCUT2D eigenvalue weighted by atomic mass is 35.5. The second-order valence-corrected chi connectivity index (χ2v) is 10.1. The zero-order valence-corrected chi connectivity index (χ0v) is 18.0. The Morgan fingerprint density at radius 3 is 2.45 bits per heavy atom. The summed E-state index contributed by atoms with van der Waals surface area (Å²) in [6.45, 7) is 9.04. The normalized spacial score (nSPS) is 33.3. The molecule has 158 valence electrons. The molecule has 4 aliphatic rings. The van der Waals surface area contributed by atoms with Gasteiger partial charge in [0.05, 0.1) is 22.5 Å². The molecule has 1 aromatic carbocycles. The largest absolute Gasteiger partial charge is 0.477 e. The van der Waals surface area contributed by atoms with Crippen molar-refractivity contribution in [2.24, 2.45) is 17.3 Å². The molecule has 1 aromatic rings. The van der Waals surface area contributed by atoms with Gasteiger partial charge in [-0.1, -0.05) is 13.8 Å². The molecule has 3 unspecified atom stereocenters. The number of halogens is 4. The lowest BCUT2D eigenvalue weighted by molar-refractivity contribution is -0.199. The molecule has 4 fully saturated rings. The predicted octanol–water partition coefficient (Wildman–Crippen LogP) is 5.03. The average Bonchev–Trinajstić information content (AvgIpc) is 3.00. The van der Waals surface area contributed by atoms with Crippen LogP contribution in [-0.4, -0.2) is 29.9 Å². The molecular formula is C21H25BClF3O3. The number of benzene rings is 1. The number of hydrogen-bond donors (Lipinski definition) is 0. The lowest BCUT2D eigenvalue weighted by atomic mass is 9.43. The van der Waals surface area contributed by atoms with Gasteiger partial charge in [-0.2, -0.15) is 0 Å². The van der Waals surface area contributed by atoms with Gasteiger partial charge in [0.2, 0.25) is 0 Å². The van der Waals surface area contributed by atoms with E-state index >= 15 is 0 Å². The molecule has 5 rings (SSSR count). The van der Waals surface area contributed by atoms with Crippen molar-refractivity contribution in [1.82, 2.24) is 0 Å². The fourth-order valence-electron chi connectivity index (χ4n) is 5.82. The molecule has 1 heterocycles. The monoisotopic (exact) mass is 428 g/mol. The molecule has 0 radical (unpaired) electrons. The summed E-state index contributed by atoms with van der Waals surface area (Å²) in [7, 11) is -0.783. The van der Waals surface area contributed by atoms with Crippen LogP contribution in [0.25, 0.3) is 0 Å². The van der Waals surface area contributed by atoms with E-state index in [2.05, 4.69) is 13.8 Å². The Morgan fingerprint density at radius 2 is 1.86 bits per heavy atom. The van der Waals surface area contributed by atoms with Crippen LogP contribution in [0.3, 0.4) is 0 Å². The maximum absolute atomic E-state index is 14.5. The van der Waals surface area contributed by atoms with E-state index in [-0.39, 0.29) is 29.1 Å². The van der Waals surface area contributed by atoms with Gasteiger partial charge in [-0.25, -0.2) is 13.2 Å². The molecule has 5 atom stereocenters. The Morgan fingerprint density at radius 1 is 1.21 bits per heavy atom. The highest BCUT2D eigenvalue weighted by Gasteiger charge is 2.68. The van der Waals surface area contributed by atoms with Crippen LogP contribution in [0.5, 0.6) is 0 Å². The molecular weight excluding hydrogens is 403 g/mol. The molecule has 3 saturated carbocycles. The van der Waals surface area contributed by atoms with E-state index < -0.39 is 46.8 Å². The van der Waals surface area contributed by atoms with Gasteiger partial charge >= 0.3 is 7.12 Å². The number of carbonyl (C=O) groups is 1. The van der Waals surface area contributed by atoms with Crippen molar-refractivity contribution >= 4 is 24.5 Å². The Labute approximate surface area is 174 Å². The zero-order valence-electron chi connectivity index (χ0n) is 17.2. The first-order valence-corrected chi connectivity index (χ1v) is 10.5. The second-order valence-electron chi connectivity index (χ2n) is 9.53. The van der Waals surface area contributed by atoms with E-state index in [1.807, 2.05) is 6.92 Å². The minimum atomic E-state index is -1.66. The van der Waals surface area contributed by atoms with Crippen molar-refractivity contribution in [2.45, 2.75) is 70.9 Å². The standard InChI is InChI=1S/C21H25BClF3O3/c1-9-12(17(24)19(26)18(25)16(9)10(2)27)8-15(23)22-28-14-7-11-6-13(20(11,3)4)21(14,5)29-22/h11,13-15H,6-8H2,1-5H3/t11?,13?,14?,15-,21+/m1/s1. The van der Waals surface area contributed by atoms with Crippen molar-refractivity contribution in [2.75, 3.05) is 0 Å².